The quantitative estimate of drug-likeness (QED) is 0.260. The zero-order chi connectivity index (χ0) is 21.6. The van der Waals surface area contributed by atoms with E-state index >= 15 is 0 Å². The highest BCUT2D eigenvalue weighted by Crippen LogP contribution is 2.58. The molecule has 2 heteroatoms. The fraction of sp³-hybridized carbons (Fsp3) is 0.200. The summed E-state index contributed by atoms with van der Waals surface area (Å²) in [6, 6.07) is 45.2. The summed E-state index contributed by atoms with van der Waals surface area (Å²) >= 11 is 0. The van der Waals surface area contributed by atoms with E-state index in [4.69, 9.17) is 0 Å². The molecule has 1 heterocycles. The van der Waals surface area contributed by atoms with Gasteiger partial charge in [0.1, 0.15) is 0 Å². The van der Waals surface area contributed by atoms with E-state index in [9.17, 15) is 0 Å². The first-order chi connectivity index (χ1) is 15.9. The molecule has 1 saturated heterocycles. The van der Waals surface area contributed by atoms with Gasteiger partial charge in [0.15, 0.2) is 0 Å². The van der Waals surface area contributed by atoms with Crippen molar-refractivity contribution in [2.75, 3.05) is 6.16 Å². The van der Waals surface area contributed by atoms with Gasteiger partial charge in [-0.3, -0.25) is 0 Å². The molecule has 0 bridgehead atoms. The molecule has 4 aromatic rings. The second-order valence-corrected chi connectivity index (χ2v) is 13.6. The highest BCUT2D eigenvalue weighted by atomic mass is 31.1. The molecule has 0 amide bonds. The van der Waals surface area contributed by atoms with Crippen molar-refractivity contribution < 1.29 is 0 Å². The first kappa shape index (κ1) is 21.6. The Hall–Kier alpha value is -2.26. The number of benzene rings is 4. The molecule has 32 heavy (non-hydrogen) atoms. The number of rotatable bonds is 7. The van der Waals surface area contributed by atoms with Gasteiger partial charge >= 0.3 is 0 Å². The van der Waals surface area contributed by atoms with Crippen molar-refractivity contribution in [3.63, 3.8) is 0 Å². The van der Waals surface area contributed by atoms with E-state index in [1.807, 2.05) is 0 Å². The molecular weight excluding hydrogens is 422 g/mol. The van der Waals surface area contributed by atoms with E-state index in [2.05, 4.69) is 121 Å². The van der Waals surface area contributed by atoms with Gasteiger partial charge in [-0.25, -0.2) is 0 Å². The molecule has 5 rings (SSSR count). The molecular formula is C30H30P2. The van der Waals surface area contributed by atoms with Crippen molar-refractivity contribution in [1.29, 1.82) is 0 Å². The number of hydrogen-bond donors (Lipinski definition) is 0. The minimum atomic E-state index is -0.484. The number of hydrogen-bond acceptors (Lipinski definition) is 0. The molecule has 0 N–H and O–H groups in total. The fourth-order valence-electron chi connectivity index (χ4n) is 5.05. The summed E-state index contributed by atoms with van der Waals surface area (Å²) in [5.41, 5.74) is 2.84. The van der Waals surface area contributed by atoms with Crippen molar-refractivity contribution in [3.05, 3.63) is 127 Å². The van der Waals surface area contributed by atoms with Crippen LogP contribution in [0.5, 0.6) is 0 Å². The van der Waals surface area contributed by atoms with Gasteiger partial charge in [-0.05, 0) is 60.5 Å². The van der Waals surface area contributed by atoms with E-state index < -0.39 is 7.92 Å². The maximum atomic E-state index is 2.37. The lowest BCUT2D eigenvalue weighted by Crippen LogP contribution is -2.21. The Balaban J connectivity index is 1.56. The monoisotopic (exact) mass is 452 g/mol. The molecule has 0 radical (unpaired) electrons. The Kier molecular flexibility index (Phi) is 7.13. The van der Waals surface area contributed by atoms with E-state index in [-0.39, 0.29) is 7.92 Å². The van der Waals surface area contributed by atoms with Crippen molar-refractivity contribution >= 4 is 31.8 Å². The Bertz CT molecular complexity index is 1040. The molecule has 3 atom stereocenters. The van der Waals surface area contributed by atoms with E-state index in [0.717, 1.165) is 5.66 Å². The van der Waals surface area contributed by atoms with Crippen LogP contribution in [0.2, 0.25) is 0 Å². The largest absolute Gasteiger partial charge is 0.0721 e. The maximum absolute atomic E-state index is 2.37. The molecule has 1 fully saturated rings. The summed E-state index contributed by atoms with van der Waals surface area (Å²) in [6.45, 7) is 0. The van der Waals surface area contributed by atoms with Crippen LogP contribution in [-0.2, 0) is 0 Å². The van der Waals surface area contributed by atoms with Gasteiger partial charge in [0.25, 0.3) is 0 Å². The van der Waals surface area contributed by atoms with E-state index in [1.165, 1.54) is 41.6 Å². The first-order valence-electron chi connectivity index (χ1n) is 11.7. The predicted molar refractivity (Wildman–Crippen MR) is 144 cm³/mol. The minimum Gasteiger partial charge on any atom is -0.0721 e. The normalized spacial score (nSPS) is 19.2. The Labute approximate surface area is 195 Å². The first-order valence-corrected chi connectivity index (χ1v) is 14.7. The average Bonchev–Trinajstić information content (AvgIpc) is 3.34. The van der Waals surface area contributed by atoms with Crippen LogP contribution in [0.1, 0.15) is 30.5 Å². The van der Waals surface area contributed by atoms with Crippen molar-refractivity contribution in [1.82, 2.24) is 0 Å². The van der Waals surface area contributed by atoms with Crippen LogP contribution >= 0.6 is 15.8 Å². The molecule has 0 unspecified atom stereocenters. The highest BCUT2D eigenvalue weighted by Gasteiger charge is 2.34. The topological polar surface area (TPSA) is 0 Å². The molecule has 1 aliphatic rings. The summed E-state index contributed by atoms with van der Waals surface area (Å²) in [6.07, 6.45) is 5.41. The summed E-state index contributed by atoms with van der Waals surface area (Å²) < 4.78 is 0. The second kappa shape index (κ2) is 10.6. The van der Waals surface area contributed by atoms with Crippen molar-refractivity contribution in [2.24, 2.45) is 0 Å². The van der Waals surface area contributed by atoms with Crippen LogP contribution in [0.4, 0.5) is 0 Å². The lowest BCUT2D eigenvalue weighted by Gasteiger charge is -2.33. The molecule has 160 valence electrons. The van der Waals surface area contributed by atoms with Crippen LogP contribution in [0, 0.1) is 0 Å². The van der Waals surface area contributed by atoms with Crippen LogP contribution in [0.3, 0.4) is 0 Å². The minimum absolute atomic E-state index is 0.0787. The lowest BCUT2D eigenvalue weighted by molar-refractivity contribution is 0.700. The molecule has 0 aromatic heterocycles. The van der Waals surface area contributed by atoms with Gasteiger partial charge in [-0.1, -0.05) is 129 Å². The van der Waals surface area contributed by atoms with E-state index in [0.29, 0.717) is 5.66 Å². The third-order valence-corrected chi connectivity index (χ3v) is 12.5. The molecule has 0 aliphatic carbocycles. The van der Waals surface area contributed by atoms with Gasteiger partial charge < -0.3 is 0 Å². The van der Waals surface area contributed by atoms with Gasteiger partial charge in [-0.2, -0.15) is 0 Å². The summed E-state index contributed by atoms with van der Waals surface area (Å²) in [4.78, 5) is 0. The summed E-state index contributed by atoms with van der Waals surface area (Å²) in [5, 5.41) is 4.58. The molecule has 0 nitrogen and oxygen atoms in total. The molecule has 1 aliphatic heterocycles. The molecule has 4 aromatic carbocycles. The maximum Gasteiger partial charge on any atom is 0.0128 e. The Morgan fingerprint density at radius 2 is 1.16 bits per heavy atom. The zero-order valence-electron chi connectivity index (χ0n) is 18.4. The zero-order valence-corrected chi connectivity index (χ0v) is 20.2. The third-order valence-electron chi connectivity index (χ3n) is 6.53. The molecule has 0 saturated carbocycles. The van der Waals surface area contributed by atoms with Gasteiger partial charge in [0, 0.05) is 5.66 Å². The average molecular weight is 453 g/mol. The van der Waals surface area contributed by atoms with Crippen molar-refractivity contribution in [3.8, 4) is 0 Å². The van der Waals surface area contributed by atoms with Crippen LogP contribution in [0.25, 0.3) is 0 Å². The summed E-state index contributed by atoms with van der Waals surface area (Å²) in [7, 11) is -0.563. The van der Waals surface area contributed by atoms with E-state index in [1.54, 1.807) is 5.30 Å². The smallest absolute Gasteiger partial charge is 0.0128 e. The molecule has 0 spiro atoms. The van der Waals surface area contributed by atoms with Gasteiger partial charge in [0.2, 0.25) is 0 Å². The Morgan fingerprint density at radius 3 is 1.72 bits per heavy atom. The highest BCUT2D eigenvalue weighted by molar-refractivity contribution is 7.73. The predicted octanol–water partition coefficient (Wildman–Crippen LogP) is 7.22. The SMILES string of the molecule is c1ccc([C@@H](C[C@@H]2CCC[P@@]2c2ccccc2)P(c2ccccc2)c2ccccc2)cc1. The van der Waals surface area contributed by atoms with Crippen LogP contribution in [-0.4, -0.2) is 11.8 Å². The third kappa shape index (κ3) is 4.88. The van der Waals surface area contributed by atoms with Crippen molar-refractivity contribution in [2.45, 2.75) is 30.6 Å². The Morgan fingerprint density at radius 1 is 0.656 bits per heavy atom. The lowest BCUT2D eigenvalue weighted by atomic mass is 10.1. The standard InChI is InChI=1S/C30H30P2/c1-5-14-25(15-6-1)30(24-29-22-13-23-31(29)26-16-7-2-8-17-26)32(27-18-9-3-10-19-27)28-20-11-4-12-21-28/h1-12,14-21,29-30H,13,22-24H2/t29-,30+,31-/m0/s1. The van der Waals surface area contributed by atoms with Gasteiger partial charge in [-0.15, -0.1) is 0 Å². The summed E-state index contributed by atoms with van der Waals surface area (Å²) in [5.74, 6) is 0. The van der Waals surface area contributed by atoms with Crippen LogP contribution in [0.15, 0.2) is 121 Å². The fourth-order valence-corrected chi connectivity index (χ4v) is 11.2. The van der Waals surface area contributed by atoms with Gasteiger partial charge in [0.05, 0.1) is 0 Å². The second-order valence-electron chi connectivity index (χ2n) is 8.53. The van der Waals surface area contributed by atoms with Crippen LogP contribution < -0.4 is 15.9 Å².